The van der Waals surface area contributed by atoms with Gasteiger partial charge in [0.05, 0.1) is 6.04 Å². The SMILES string of the molecule is CC(C)(C)C(=O)[C@@H](NC(=O)OC1CCC1)C(C)(C)C. The van der Waals surface area contributed by atoms with Crippen molar-refractivity contribution in [3.63, 3.8) is 0 Å². The molecule has 1 fully saturated rings. The van der Waals surface area contributed by atoms with Crippen LogP contribution in [0.5, 0.6) is 0 Å². The maximum absolute atomic E-state index is 12.4. The number of alkyl carbamates (subject to hydrolysis) is 1. The van der Waals surface area contributed by atoms with Crippen LogP contribution in [0.1, 0.15) is 60.8 Å². The molecule has 1 atom stereocenters. The van der Waals surface area contributed by atoms with Crippen molar-refractivity contribution >= 4 is 11.9 Å². The molecule has 0 unspecified atom stereocenters. The number of hydrogen-bond donors (Lipinski definition) is 1. The van der Waals surface area contributed by atoms with E-state index in [0.29, 0.717) is 0 Å². The Labute approximate surface area is 116 Å². The average Bonchev–Trinajstić information content (AvgIpc) is 2.16. The first kappa shape index (κ1) is 16.0. The van der Waals surface area contributed by atoms with Crippen molar-refractivity contribution in [2.24, 2.45) is 10.8 Å². The number of ketones is 1. The van der Waals surface area contributed by atoms with Crippen LogP contribution in [-0.2, 0) is 9.53 Å². The van der Waals surface area contributed by atoms with Gasteiger partial charge in [-0.3, -0.25) is 4.79 Å². The van der Waals surface area contributed by atoms with Crippen LogP contribution >= 0.6 is 0 Å². The maximum Gasteiger partial charge on any atom is 0.408 e. The molecule has 1 aliphatic carbocycles. The summed E-state index contributed by atoms with van der Waals surface area (Å²) >= 11 is 0. The summed E-state index contributed by atoms with van der Waals surface area (Å²) in [6, 6.07) is -0.528. The van der Waals surface area contributed by atoms with Gasteiger partial charge in [0.25, 0.3) is 0 Å². The van der Waals surface area contributed by atoms with Gasteiger partial charge in [-0.25, -0.2) is 4.79 Å². The quantitative estimate of drug-likeness (QED) is 0.855. The third-order valence-electron chi connectivity index (χ3n) is 3.46. The highest BCUT2D eigenvalue weighted by atomic mass is 16.6. The molecule has 4 nitrogen and oxygen atoms in total. The highest BCUT2D eigenvalue weighted by molar-refractivity contribution is 5.92. The molecule has 0 heterocycles. The van der Waals surface area contributed by atoms with Crippen molar-refractivity contribution in [3.05, 3.63) is 0 Å². The van der Waals surface area contributed by atoms with Crippen LogP contribution in [0.3, 0.4) is 0 Å². The molecule has 1 aliphatic rings. The normalized spacial score (nSPS) is 18.4. The summed E-state index contributed by atoms with van der Waals surface area (Å²) in [7, 11) is 0. The Morgan fingerprint density at radius 2 is 1.63 bits per heavy atom. The van der Waals surface area contributed by atoms with Crippen molar-refractivity contribution in [1.82, 2.24) is 5.32 Å². The summed E-state index contributed by atoms with van der Waals surface area (Å²) in [6.07, 6.45) is 2.54. The summed E-state index contributed by atoms with van der Waals surface area (Å²) in [6.45, 7) is 11.5. The van der Waals surface area contributed by atoms with Crippen LogP contribution in [0.2, 0.25) is 0 Å². The lowest BCUT2D eigenvalue weighted by atomic mass is 9.76. The van der Waals surface area contributed by atoms with E-state index in [1.807, 2.05) is 41.5 Å². The smallest absolute Gasteiger partial charge is 0.408 e. The monoisotopic (exact) mass is 269 g/mol. The number of amides is 1. The maximum atomic E-state index is 12.4. The second-order valence-electron chi connectivity index (χ2n) is 7.52. The minimum absolute atomic E-state index is 0.0327. The number of rotatable bonds is 3. The van der Waals surface area contributed by atoms with Gasteiger partial charge in [0.2, 0.25) is 0 Å². The van der Waals surface area contributed by atoms with Crippen LogP contribution < -0.4 is 5.32 Å². The molecule has 1 rings (SSSR count). The van der Waals surface area contributed by atoms with Crippen molar-refractivity contribution in [2.45, 2.75) is 73.0 Å². The molecule has 0 saturated heterocycles. The highest BCUT2D eigenvalue weighted by Gasteiger charge is 2.39. The molecule has 1 saturated carbocycles. The minimum atomic E-state index is -0.528. The van der Waals surface area contributed by atoms with Gasteiger partial charge >= 0.3 is 6.09 Å². The topological polar surface area (TPSA) is 55.4 Å². The van der Waals surface area contributed by atoms with Gasteiger partial charge in [0.1, 0.15) is 6.10 Å². The predicted molar refractivity (Wildman–Crippen MR) is 75.0 cm³/mol. The first-order valence-electron chi connectivity index (χ1n) is 7.03. The van der Waals surface area contributed by atoms with Crippen molar-refractivity contribution < 1.29 is 14.3 Å². The summed E-state index contributed by atoms with van der Waals surface area (Å²) in [5, 5.41) is 2.75. The van der Waals surface area contributed by atoms with E-state index in [1.54, 1.807) is 0 Å². The number of carbonyl (C=O) groups is 2. The zero-order valence-corrected chi connectivity index (χ0v) is 13.0. The van der Waals surface area contributed by atoms with E-state index in [4.69, 9.17) is 4.74 Å². The molecule has 110 valence electrons. The zero-order valence-electron chi connectivity index (χ0n) is 13.0. The number of Topliss-reactive ketones (excluding diaryl/α,β-unsaturated/α-hetero) is 1. The van der Waals surface area contributed by atoms with Gasteiger partial charge in [-0.2, -0.15) is 0 Å². The molecule has 0 bridgehead atoms. The van der Waals surface area contributed by atoms with Crippen molar-refractivity contribution in [2.75, 3.05) is 0 Å². The molecule has 19 heavy (non-hydrogen) atoms. The van der Waals surface area contributed by atoms with Gasteiger partial charge in [-0.05, 0) is 24.7 Å². The Kier molecular flexibility index (Phi) is 4.64. The fraction of sp³-hybridized carbons (Fsp3) is 0.867. The van der Waals surface area contributed by atoms with Gasteiger partial charge < -0.3 is 10.1 Å². The molecule has 4 heteroatoms. The van der Waals surface area contributed by atoms with Crippen LogP contribution in [0.25, 0.3) is 0 Å². The standard InChI is InChI=1S/C15H27NO3/c1-14(2,3)11(12(17)15(4,5)6)16-13(18)19-10-8-7-9-10/h10-11H,7-9H2,1-6H3,(H,16,18)/t11-/m1/s1. The third-order valence-corrected chi connectivity index (χ3v) is 3.46. The second kappa shape index (κ2) is 5.51. The van der Waals surface area contributed by atoms with Crippen LogP contribution in [0.4, 0.5) is 4.79 Å². The fourth-order valence-electron chi connectivity index (χ4n) is 1.90. The van der Waals surface area contributed by atoms with Crippen LogP contribution in [0, 0.1) is 10.8 Å². The molecule has 0 aromatic heterocycles. The van der Waals surface area contributed by atoms with Crippen LogP contribution in [-0.4, -0.2) is 24.0 Å². The molecule has 0 aliphatic heterocycles. The van der Waals surface area contributed by atoms with Crippen molar-refractivity contribution in [1.29, 1.82) is 0 Å². The molecular weight excluding hydrogens is 242 g/mol. The van der Waals surface area contributed by atoms with E-state index in [-0.39, 0.29) is 17.3 Å². The minimum Gasteiger partial charge on any atom is -0.446 e. The zero-order chi connectivity index (χ0) is 14.8. The Balaban J connectivity index is 2.69. The lowest BCUT2D eigenvalue weighted by Crippen LogP contribution is -2.53. The molecular formula is C15H27NO3. The Morgan fingerprint density at radius 3 is 1.95 bits per heavy atom. The van der Waals surface area contributed by atoms with E-state index in [2.05, 4.69) is 5.32 Å². The van der Waals surface area contributed by atoms with E-state index in [9.17, 15) is 9.59 Å². The highest BCUT2D eigenvalue weighted by Crippen LogP contribution is 2.28. The number of ether oxygens (including phenoxy) is 1. The van der Waals surface area contributed by atoms with Crippen molar-refractivity contribution in [3.8, 4) is 0 Å². The first-order chi connectivity index (χ1) is 8.51. The number of nitrogens with one attached hydrogen (secondary N) is 1. The summed E-state index contributed by atoms with van der Waals surface area (Å²) in [5.74, 6) is 0.0329. The third kappa shape index (κ3) is 4.51. The molecule has 0 spiro atoms. The molecule has 0 radical (unpaired) electrons. The first-order valence-corrected chi connectivity index (χ1v) is 7.03. The van der Waals surface area contributed by atoms with Crippen LogP contribution in [0.15, 0.2) is 0 Å². The Bertz CT molecular complexity index is 345. The molecule has 1 N–H and O–H groups in total. The molecule has 0 aromatic carbocycles. The van der Waals surface area contributed by atoms with Gasteiger partial charge in [-0.1, -0.05) is 41.5 Å². The van der Waals surface area contributed by atoms with Gasteiger partial charge in [0, 0.05) is 5.41 Å². The van der Waals surface area contributed by atoms with Gasteiger partial charge in [0.15, 0.2) is 5.78 Å². The lowest BCUT2D eigenvalue weighted by molar-refractivity contribution is -0.131. The molecule has 0 aromatic rings. The van der Waals surface area contributed by atoms with Gasteiger partial charge in [-0.15, -0.1) is 0 Å². The largest absolute Gasteiger partial charge is 0.446 e. The predicted octanol–water partition coefficient (Wildman–Crippen LogP) is 3.30. The molecule has 1 amide bonds. The van der Waals surface area contributed by atoms with E-state index >= 15 is 0 Å². The number of carbonyl (C=O) groups excluding carboxylic acids is 2. The Hall–Kier alpha value is -1.06. The fourth-order valence-corrected chi connectivity index (χ4v) is 1.90. The Morgan fingerprint density at radius 1 is 1.11 bits per heavy atom. The second-order valence-corrected chi connectivity index (χ2v) is 7.52. The van der Waals surface area contributed by atoms with E-state index in [0.717, 1.165) is 19.3 Å². The number of hydrogen-bond acceptors (Lipinski definition) is 3. The van der Waals surface area contributed by atoms with E-state index < -0.39 is 17.6 Å². The lowest BCUT2D eigenvalue weighted by Gasteiger charge is -2.35. The summed E-state index contributed by atoms with van der Waals surface area (Å²) in [5.41, 5.74) is -0.815. The summed E-state index contributed by atoms with van der Waals surface area (Å²) < 4.78 is 5.27. The average molecular weight is 269 g/mol. The summed E-state index contributed by atoms with van der Waals surface area (Å²) in [4.78, 5) is 24.3. The van der Waals surface area contributed by atoms with E-state index in [1.165, 1.54) is 0 Å².